The third-order valence-corrected chi connectivity index (χ3v) is 3.50. The van der Waals surface area contributed by atoms with Crippen molar-refractivity contribution in [2.24, 2.45) is 16.8 Å². The maximum atomic E-state index is 9.09. The molecule has 5 nitrogen and oxygen atoms in total. The predicted molar refractivity (Wildman–Crippen MR) is 76.2 cm³/mol. The molecule has 106 valence electrons. The summed E-state index contributed by atoms with van der Waals surface area (Å²) in [5.74, 6) is 0.335. The van der Waals surface area contributed by atoms with Crippen LogP contribution in [-0.2, 0) is 6.54 Å². The lowest BCUT2D eigenvalue weighted by molar-refractivity contribution is 0.207. The van der Waals surface area contributed by atoms with E-state index in [9.17, 15) is 0 Å². The van der Waals surface area contributed by atoms with Crippen LogP contribution in [0.25, 0.3) is 0 Å². The fraction of sp³-hybridized carbons (Fsp3) is 0.500. The molecule has 19 heavy (non-hydrogen) atoms. The summed E-state index contributed by atoms with van der Waals surface area (Å²) in [6.07, 6.45) is 0. The van der Waals surface area contributed by atoms with Gasteiger partial charge in [-0.15, -0.1) is 0 Å². The molecule has 5 N–H and O–H groups in total. The molecule has 0 aromatic heterocycles. The number of rotatable bonds is 6. The Labute approximate surface area is 114 Å². The molecule has 0 aliphatic rings. The second-order valence-corrected chi connectivity index (χ2v) is 4.96. The first-order chi connectivity index (χ1) is 8.99. The highest BCUT2D eigenvalue weighted by atomic mass is 16.4. The Balaban J connectivity index is 2.70. The van der Waals surface area contributed by atoms with Crippen LogP contribution >= 0.6 is 0 Å². The van der Waals surface area contributed by atoms with Gasteiger partial charge in [0, 0.05) is 24.8 Å². The van der Waals surface area contributed by atoms with Crippen LogP contribution in [0.4, 0.5) is 0 Å². The zero-order valence-corrected chi connectivity index (χ0v) is 11.7. The molecule has 0 amide bonds. The Morgan fingerprint density at radius 3 is 2.63 bits per heavy atom. The fourth-order valence-electron chi connectivity index (χ4n) is 1.74. The van der Waals surface area contributed by atoms with E-state index in [-0.39, 0.29) is 24.4 Å². The summed E-state index contributed by atoms with van der Waals surface area (Å²) < 4.78 is 0. The van der Waals surface area contributed by atoms with Crippen LogP contribution in [0, 0.1) is 12.8 Å². The Kier molecular flexibility index (Phi) is 5.79. The van der Waals surface area contributed by atoms with E-state index < -0.39 is 0 Å². The van der Waals surface area contributed by atoms with Crippen molar-refractivity contribution in [3.63, 3.8) is 0 Å². The van der Waals surface area contributed by atoms with Gasteiger partial charge in [0.1, 0.15) is 0 Å². The highest BCUT2D eigenvalue weighted by Gasteiger charge is 2.11. The van der Waals surface area contributed by atoms with Crippen LogP contribution in [0.3, 0.4) is 0 Å². The number of hydrogen-bond acceptors (Lipinski definition) is 4. The molecule has 0 radical (unpaired) electrons. The molecule has 1 aromatic rings. The summed E-state index contributed by atoms with van der Waals surface area (Å²) in [5.41, 5.74) is 8.50. The third-order valence-electron chi connectivity index (χ3n) is 3.50. The first kappa shape index (κ1) is 15.5. The molecule has 0 spiro atoms. The zero-order chi connectivity index (χ0) is 14.4. The second-order valence-electron chi connectivity index (χ2n) is 4.96. The maximum absolute atomic E-state index is 9.09. The van der Waals surface area contributed by atoms with Gasteiger partial charge in [0.2, 0.25) is 0 Å². The molecule has 1 aromatic carbocycles. The number of nitrogens with zero attached hydrogens (tertiary/aromatic N) is 1. The van der Waals surface area contributed by atoms with E-state index in [1.54, 1.807) is 0 Å². The van der Waals surface area contributed by atoms with Gasteiger partial charge in [0.15, 0.2) is 5.84 Å². The van der Waals surface area contributed by atoms with E-state index in [0.717, 1.165) is 17.7 Å². The Hall–Kier alpha value is -1.59. The lowest BCUT2D eigenvalue weighted by atomic mass is 10.0. The number of nitrogens with two attached hydrogens (primary N) is 1. The molecule has 0 bridgehead atoms. The molecule has 0 aliphatic heterocycles. The Morgan fingerprint density at radius 2 is 2.11 bits per heavy atom. The minimum absolute atomic E-state index is 0.116. The van der Waals surface area contributed by atoms with Crippen molar-refractivity contribution in [3.05, 3.63) is 34.9 Å². The molecule has 0 aliphatic carbocycles. The minimum Gasteiger partial charge on any atom is -0.409 e. The van der Waals surface area contributed by atoms with Crippen molar-refractivity contribution in [3.8, 4) is 0 Å². The highest BCUT2D eigenvalue weighted by molar-refractivity contribution is 5.97. The molecule has 0 fully saturated rings. The van der Waals surface area contributed by atoms with Gasteiger partial charge in [-0.3, -0.25) is 0 Å². The molecular formula is C14H23N3O2. The molecule has 2 unspecified atom stereocenters. The van der Waals surface area contributed by atoms with Crippen LogP contribution in [0.5, 0.6) is 0 Å². The monoisotopic (exact) mass is 265 g/mol. The SMILES string of the molecule is Cc1cc(/C(N)=N/O)ccc1CNC(C)C(C)CO. The quantitative estimate of drug-likeness (QED) is 0.269. The van der Waals surface area contributed by atoms with E-state index in [0.29, 0.717) is 5.56 Å². The standard InChI is InChI=1S/C14H23N3O2/c1-9-6-12(14(15)17-19)4-5-13(9)7-16-11(3)10(2)8-18/h4-6,10-11,16,18-19H,7-8H2,1-3H3,(H2,15,17). The smallest absolute Gasteiger partial charge is 0.170 e. The summed E-state index contributed by atoms with van der Waals surface area (Å²) in [7, 11) is 0. The number of amidine groups is 1. The van der Waals surface area contributed by atoms with Crippen molar-refractivity contribution in [2.75, 3.05) is 6.61 Å². The van der Waals surface area contributed by atoms with Crippen molar-refractivity contribution >= 4 is 5.84 Å². The molecule has 2 atom stereocenters. The first-order valence-corrected chi connectivity index (χ1v) is 6.41. The van der Waals surface area contributed by atoms with Crippen LogP contribution in [0.15, 0.2) is 23.4 Å². The zero-order valence-electron chi connectivity index (χ0n) is 11.7. The number of nitrogens with one attached hydrogen (secondary N) is 1. The molecule has 0 saturated heterocycles. The van der Waals surface area contributed by atoms with Gasteiger partial charge in [-0.1, -0.05) is 24.2 Å². The predicted octanol–water partition coefficient (Wildman–Crippen LogP) is 1.20. The van der Waals surface area contributed by atoms with E-state index in [2.05, 4.69) is 17.4 Å². The van der Waals surface area contributed by atoms with Gasteiger partial charge in [-0.05, 0) is 37.0 Å². The summed E-state index contributed by atoms with van der Waals surface area (Å²) in [4.78, 5) is 0. The van der Waals surface area contributed by atoms with Crippen LogP contribution in [0.2, 0.25) is 0 Å². The van der Waals surface area contributed by atoms with E-state index in [4.69, 9.17) is 16.0 Å². The topological polar surface area (TPSA) is 90.9 Å². The van der Waals surface area contributed by atoms with Gasteiger partial charge in [0.05, 0.1) is 0 Å². The molecule has 0 heterocycles. The first-order valence-electron chi connectivity index (χ1n) is 6.41. The van der Waals surface area contributed by atoms with Crippen molar-refractivity contribution in [2.45, 2.75) is 33.4 Å². The maximum Gasteiger partial charge on any atom is 0.170 e. The average Bonchev–Trinajstić information content (AvgIpc) is 2.43. The van der Waals surface area contributed by atoms with Gasteiger partial charge in [-0.2, -0.15) is 0 Å². The molecular weight excluding hydrogens is 242 g/mol. The number of benzene rings is 1. The summed E-state index contributed by atoms with van der Waals surface area (Å²) in [5, 5.41) is 24.1. The van der Waals surface area contributed by atoms with Gasteiger partial charge in [-0.25, -0.2) is 0 Å². The molecule has 5 heteroatoms. The molecule has 1 rings (SSSR count). The minimum atomic E-state index is 0.116. The van der Waals surface area contributed by atoms with Crippen molar-refractivity contribution in [1.82, 2.24) is 5.32 Å². The summed E-state index contributed by atoms with van der Waals surface area (Å²) in [6, 6.07) is 5.94. The van der Waals surface area contributed by atoms with Crippen LogP contribution in [0.1, 0.15) is 30.5 Å². The van der Waals surface area contributed by atoms with Gasteiger partial charge < -0.3 is 21.4 Å². The van der Waals surface area contributed by atoms with Crippen molar-refractivity contribution < 1.29 is 10.3 Å². The Bertz CT molecular complexity index is 446. The Morgan fingerprint density at radius 1 is 1.42 bits per heavy atom. The normalized spacial score (nSPS) is 15.3. The highest BCUT2D eigenvalue weighted by Crippen LogP contribution is 2.12. The second kappa shape index (κ2) is 7.11. The van der Waals surface area contributed by atoms with E-state index in [1.807, 2.05) is 32.0 Å². The number of oxime groups is 1. The van der Waals surface area contributed by atoms with Gasteiger partial charge in [0.25, 0.3) is 0 Å². The van der Waals surface area contributed by atoms with Crippen LogP contribution < -0.4 is 11.1 Å². The number of aliphatic hydroxyl groups excluding tert-OH is 1. The third kappa shape index (κ3) is 4.22. The number of hydrogen-bond donors (Lipinski definition) is 4. The molecule has 0 saturated carbocycles. The summed E-state index contributed by atoms with van der Waals surface area (Å²) in [6.45, 7) is 6.96. The lowest BCUT2D eigenvalue weighted by Crippen LogP contribution is -2.33. The van der Waals surface area contributed by atoms with E-state index in [1.165, 1.54) is 0 Å². The van der Waals surface area contributed by atoms with Crippen LogP contribution in [-0.4, -0.2) is 28.8 Å². The summed E-state index contributed by atoms with van der Waals surface area (Å²) >= 11 is 0. The average molecular weight is 265 g/mol. The number of aryl methyl sites for hydroxylation is 1. The number of aliphatic hydroxyl groups is 1. The largest absolute Gasteiger partial charge is 0.409 e. The van der Waals surface area contributed by atoms with Gasteiger partial charge >= 0.3 is 0 Å². The van der Waals surface area contributed by atoms with E-state index >= 15 is 0 Å². The van der Waals surface area contributed by atoms with Crippen molar-refractivity contribution in [1.29, 1.82) is 0 Å². The fourth-order valence-corrected chi connectivity index (χ4v) is 1.74. The lowest BCUT2D eigenvalue weighted by Gasteiger charge is -2.20.